The number of halogens is 1. The lowest BCUT2D eigenvalue weighted by Gasteiger charge is -2.26. The number of fused-ring (bicyclic) bond motifs is 1. The molecule has 2 aromatic rings. The number of benzene rings is 2. The van der Waals surface area contributed by atoms with E-state index in [0.29, 0.717) is 12.5 Å². The molecule has 2 aromatic carbocycles. The van der Waals surface area contributed by atoms with Crippen LogP contribution in [0.4, 0.5) is 0 Å². The zero-order chi connectivity index (χ0) is 19.1. The van der Waals surface area contributed by atoms with Crippen LogP contribution in [0.1, 0.15) is 35.4 Å². The molecule has 0 saturated heterocycles. The van der Waals surface area contributed by atoms with Crippen molar-refractivity contribution >= 4 is 29.9 Å². The van der Waals surface area contributed by atoms with E-state index in [0.717, 1.165) is 29.6 Å². The zero-order valence-corrected chi connectivity index (χ0v) is 19.2. The number of guanidine groups is 1. The van der Waals surface area contributed by atoms with Crippen molar-refractivity contribution in [3.63, 3.8) is 0 Å². The Balaban J connectivity index is 0.00000280. The maximum Gasteiger partial charge on any atom is 0.191 e. The minimum Gasteiger partial charge on any atom is -0.493 e. The van der Waals surface area contributed by atoms with Gasteiger partial charge in [-0.25, -0.2) is 0 Å². The highest BCUT2D eigenvalue weighted by Crippen LogP contribution is 2.31. The highest BCUT2D eigenvalue weighted by Gasteiger charge is 2.19. The van der Waals surface area contributed by atoms with Gasteiger partial charge in [-0.1, -0.05) is 30.3 Å². The van der Waals surface area contributed by atoms with Crippen LogP contribution in [0, 0.1) is 0 Å². The highest BCUT2D eigenvalue weighted by molar-refractivity contribution is 14.0. The number of rotatable bonds is 6. The molecule has 0 amide bonds. The molecule has 1 aliphatic rings. The van der Waals surface area contributed by atoms with Crippen LogP contribution in [0.3, 0.4) is 0 Å². The van der Waals surface area contributed by atoms with Crippen LogP contribution in [0.15, 0.2) is 47.5 Å². The van der Waals surface area contributed by atoms with Gasteiger partial charge in [-0.15, -0.1) is 24.0 Å². The summed E-state index contributed by atoms with van der Waals surface area (Å²) < 4.78 is 10.7. The second kappa shape index (κ2) is 11.1. The smallest absolute Gasteiger partial charge is 0.191 e. The molecule has 0 fully saturated rings. The molecule has 1 aliphatic carbocycles. The molecule has 1 atom stereocenters. The van der Waals surface area contributed by atoms with Gasteiger partial charge in [-0.3, -0.25) is 4.99 Å². The Hall–Kier alpha value is -1.96. The van der Waals surface area contributed by atoms with Crippen LogP contribution < -0.4 is 20.1 Å². The van der Waals surface area contributed by atoms with Gasteiger partial charge in [0.15, 0.2) is 17.5 Å². The number of ether oxygens (including phenoxy) is 2. The SMILES string of the molecule is CN=C(NCc1ccc(OC)c(OC)c1)NCC1CCCc2ccccc21.I. The summed E-state index contributed by atoms with van der Waals surface area (Å²) in [5.41, 5.74) is 4.08. The van der Waals surface area contributed by atoms with Gasteiger partial charge in [0.2, 0.25) is 0 Å². The number of nitrogens with zero attached hydrogens (tertiary/aromatic N) is 1. The molecular weight excluding hydrogens is 465 g/mol. The topological polar surface area (TPSA) is 54.9 Å². The van der Waals surface area contributed by atoms with Crippen molar-refractivity contribution in [1.29, 1.82) is 0 Å². The molecule has 0 radical (unpaired) electrons. The van der Waals surface area contributed by atoms with E-state index in [2.05, 4.69) is 39.9 Å². The van der Waals surface area contributed by atoms with Crippen LogP contribution >= 0.6 is 24.0 Å². The lowest BCUT2D eigenvalue weighted by atomic mass is 9.83. The molecule has 1 unspecified atom stereocenters. The number of aryl methyl sites for hydroxylation is 1. The fourth-order valence-electron chi connectivity index (χ4n) is 3.68. The zero-order valence-electron chi connectivity index (χ0n) is 16.8. The summed E-state index contributed by atoms with van der Waals surface area (Å²) in [6.45, 7) is 1.56. The Morgan fingerprint density at radius 2 is 1.86 bits per heavy atom. The van der Waals surface area contributed by atoms with E-state index < -0.39 is 0 Å². The van der Waals surface area contributed by atoms with Crippen LogP contribution in [0.25, 0.3) is 0 Å². The van der Waals surface area contributed by atoms with Gasteiger partial charge in [0.1, 0.15) is 0 Å². The van der Waals surface area contributed by atoms with Crippen LogP contribution in [-0.4, -0.2) is 33.8 Å². The first-order valence-electron chi connectivity index (χ1n) is 9.48. The number of aliphatic imine (C=N–C) groups is 1. The monoisotopic (exact) mass is 495 g/mol. The lowest BCUT2D eigenvalue weighted by Crippen LogP contribution is -2.39. The lowest BCUT2D eigenvalue weighted by molar-refractivity contribution is 0.354. The second-order valence-electron chi connectivity index (χ2n) is 6.78. The number of nitrogens with one attached hydrogen (secondary N) is 2. The summed E-state index contributed by atoms with van der Waals surface area (Å²) in [6.07, 6.45) is 3.66. The van der Waals surface area contributed by atoms with Crippen molar-refractivity contribution in [1.82, 2.24) is 10.6 Å². The minimum atomic E-state index is 0. The minimum absolute atomic E-state index is 0. The van der Waals surface area contributed by atoms with Crippen LogP contribution in [-0.2, 0) is 13.0 Å². The third-order valence-electron chi connectivity index (χ3n) is 5.14. The quantitative estimate of drug-likeness (QED) is 0.360. The van der Waals surface area contributed by atoms with Crippen molar-refractivity contribution in [2.75, 3.05) is 27.8 Å². The van der Waals surface area contributed by atoms with Gasteiger partial charge in [0, 0.05) is 26.1 Å². The van der Waals surface area contributed by atoms with E-state index in [-0.39, 0.29) is 24.0 Å². The Labute approximate surface area is 184 Å². The molecule has 0 spiro atoms. The van der Waals surface area contributed by atoms with E-state index in [1.165, 1.54) is 30.4 Å². The fourth-order valence-corrected chi connectivity index (χ4v) is 3.68. The van der Waals surface area contributed by atoms with Gasteiger partial charge in [-0.2, -0.15) is 0 Å². The number of hydrogen-bond acceptors (Lipinski definition) is 3. The van der Waals surface area contributed by atoms with Crippen molar-refractivity contribution in [3.05, 3.63) is 59.2 Å². The standard InChI is InChI=1S/C22H29N3O2.HI/c1-23-22(24-14-16-11-12-20(26-2)21(13-16)27-3)25-15-18-9-6-8-17-7-4-5-10-19(17)18;/h4-5,7,10-13,18H,6,8-9,14-15H2,1-3H3,(H2,23,24,25);1H. The summed E-state index contributed by atoms with van der Waals surface area (Å²) in [6, 6.07) is 14.7. The van der Waals surface area contributed by atoms with Gasteiger partial charge in [-0.05, 0) is 48.1 Å². The van der Waals surface area contributed by atoms with Crippen LogP contribution in [0.5, 0.6) is 11.5 Å². The van der Waals surface area contributed by atoms with Gasteiger partial charge in [0.05, 0.1) is 14.2 Å². The maximum atomic E-state index is 5.37. The molecule has 0 aromatic heterocycles. The Morgan fingerprint density at radius 1 is 1.07 bits per heavy atom. The number of hydrogen-bond donors (Lipinski definition) is 2. The molecule has 0 aliphatic heterocycles. The van der Waals surface area contributed by atoms with Crippen molar-refractivity contribution in [2.45, 2.75) is 31.7 Å². The molecule has 152 valence electrons. The first-order valence-corrected chi connectivity index (χ1v) is 9.48. The normalized spacial score (nSPS) is 15.8. The Kier molecular flexibility index (Phi) is 8.89. The van der Waals surface area contributed by atoms with Crippen molar-refractivity contribution in [3.8, 4) is 11.5 Å². The predicted octanol–water partition coefficient (Wildman–Crippen LogP) is 4.11. The second-order valence-corrected chi connectivity index (χ2v) is 6.78. The summed E-state index contributed by atoms with van der Waals surface area (Å²) in [5, 5.41) is 6.86. The third-order valence-corrected chi connectivity index (χ3v) is 5.14. The largest absolute Gasteiger partial charge is 0.493 e. The molecule has 5 nitrogen and oxygen atoms in total. The van der Waals surface area contributed by atoms with E-state index in [1.54, 1.807) is 21.3 Å². The molecule has 0 bridgehead atoms. The first kappa shape index (κ1) is 22.3. The Morgan fingerprint density at radius 3 is 2.61 bits per heavy atom. The average molecular weight is 495 g/mol. The van der Waals surface area contributed by atoms with Gasteiger partial charge in [0.25, 0.3) is 0 Å². The van der Waals surface area contributed by atoms with E-state index in [1.807, 2.05) is 18.2 Å². The molecule has 0 saturated carbocycles. The summed E-state index contributed by atoms with van der Waals surface area (Å²) >= 11 is 0. The molecular formula is C22H30IN3O2. The molecule has 6 heteroatoms. The van der Waals surface area contributed by atoms with Gasteiger partial charge >= 0.3 is 0 Å². The summed E-state index contributed by atoms with van der Waals surface area (Å²) in [5.74, 6) is 2.82. The molecule has 3 rings (SSSR count). The number of methoxy groups -OCH3 is 2. The Bertz CT molecular complexity index is 795. The van der Waals surface area contributed by atoms with Crippen molar-refractivity contribution in [2.24, 2.45) is 4.99 Å². The van der Waals surface area contributed by atoms with Crippen molar-refractivity contribution < 1.29 is 9.47 Å². The summed E-state index contributed by atoms with van der Waals surface area (Å²) in [4.78, 5) is 4.36. The molecule has 0 heterocycles. The fraction of sp³-hybridized carbons (Fsp3) is 0.409. The van der Waals surface area contributed by atoms with E-state index in [9.17, 15) is 0 Å². The molecule has 28 heavy (non-hydrogen) atoms. The summed E-state index contributed by atoms with van der Waals surface area (Å²) in [7, 11) is 5.10. The first-order chi connectivity index (χ1) is 13.2. The van der Waals surface area contributed by atoms with Gasteiger partial charge < -0.3 is 20.1 Å². The molecule has 2 N–H and O–H groups in total. The third kappa shape index (κ3) is 5.53. The average Bonchev–Trinajstić information content (AvgIpc) is 2.73. The highest BCUT2D eigenvalue weighted by atomic mass is 127. The van der Waals surface area contributed by atoms with Crippen LogP contribution in [0.2, 0.25) is 0 Å². The van der Waals surface area contributed by atoms with E-state index >= 15 is 0 Å². The maximum absolute atomic E-state index is 5.37. The van der Waals surface area contributed by atoms with E-state index in [4.69, 9.17) is 9.47 Å². The predicted molar refractivity (Wildman–Crippen MR) is 125 cm³/mol.